The number of benzene rings is 2. The molecule has 0 radical (unpaired) electrons. The number of likely N-dealkylation sites (N-methyl/N-ethyl adjacent to an activating group) is 1. The monoisotopic (exact) mass is 467 g/mol. The molecular formula is C26H33N3O5. The molecule has 0 heterocycles. The fraction of sp³-hybridized carbons (Fsp3) is 0.423. The Labute approximate surface area is 200 Å². The molecule has 1 aliphatic rings. The summed E-state index contributed by atoms with van der Waals surface area (Å²) in [7, 11) is 3.48. The van der Waals surface area contributed by atoms with Crippen LogP contribution >= 0.6 is 0 Å². The standard InChI is InChI=1S/C26H33N3O5/c1-26(2,13-23(30)28-22(24(31)32)14-29(3)4)16-27-25(33)34-15-21-19-11-7-5-9-17(19)18-10-6-8-12-20(18)21/h5-12,21-22H,13-16H2,1-4H3,(H,27,33)(H,28,30)(H,31,32)/t22-/m0/s1. The number of carbonyl (C=O) groups excluding carboxylic acids is 2. The highest BCUT2D eigenvalue weighted by Crippen LogP contribution is 2.44. The Kier molecular flexibility index (Phi) is 7.94. The van der Waals surface area contributed by atoms with Crippen molar-refractivity contribution >= 4 is 18.0 Å². The highest BCUT2D eigenvalue weighted by atomic mass is 16.5. The smallest absolute Gasteiger partial charge is 0.407 e. The van der Waals surface area contributed by atoms with E-state index < -0.39 is 23.5 Å². The van der Waals surface area contributed by atoms with Crippen molar-refractivity contribution in [2.75, 3.05) is 33.8 Å². The molecule has 0 saturated carbocycles. The van der Waals surface area contributed by atoms with E-state index in [0.29, 0.717) is 0 Å². The van der Waals surface area contributed by atoms with Crippen LogP contribution in [-0.4, -0.2) is 67.8 Å². The van der Waals surface area contributed by atoms with Crippen LogP contribution in [0.5, 0.6) is 0 Å². The number of ether oxygens (including phenoxy) is 1. The predicted octanol–water partition coefficient (Wildman–Crippen LogP) is 3.07. The van der Waals surface area contributed by atoms with Gasteiger partial charge in [0.05, 0.1) is 0 Å². The second kappa shape index (κ2) is 10.7. The Morgan fingerprint density at radius 2 is 1.59 bits per heavy atom. The summed E-state index contributed by atoms with van der Waals surface area (Å²) in [6.45, 7) is 4.28. The maximum absolute atomic E-state index is 12.4. The largest absolute Gasteiger partial charge is 0.480 e. The molecule has 0 aliphatic heterocycles. The van der Waals surface area contributed by atoms with Crippen LogP contribution in [0, 0.1) is 5.41 Å². The van der Waals surface area contributed by atoms with E-state index in [0.717, 1.165) is 22.3 Å². The lowest BCUT2D eigenvalue weighted by Gasteiger charge is -2.26. The number of alkyl carbamates (subject to hydrolysis) is 1. The summed E-state index contributed by atoms with van der Waals surface area (Å²) >= 11 is 0. The van der Waals surface area contributed by atoms with E-state index in [4.69, 9.17) is 4.74 Å². The first kappa shape index (κ1) is 25.2. The summed E-state index contributed by atoms with van der Waals surface area (Å²) in [5.41, 5.74) is 4.01. The quantitative estimate of drug-likeness (QED) is 0.496. The van der Waals surface area contributed by atoms with Gasteiger partial charge in [-0.1, -0.05) is 62.4 Å². The molecule has 2 aromatic carbocycles. The number of fused-ring (bicyclic) bond motifs is 3. The average molecular weight is 468 g/mol. The van der Waals surface area contributed by atoms with Gasteiger partial charge in [-0.2, -0.15) is 0 Å². The Hall–Kier alpha value is -3.39. The second-order valence-corrected chi connectivity index (χ2v) is 9.74. The Bertz CT molecular complexity index is 1000. The summed E-state index contributed by atoms with van der Waals surface area (Å²) in [4.78, 5) is 37.9. The van der Waals surface area contributed by atoms with Crippen molar-refractivity contribution in [1.29, 1.82) is 0 Å². The summed E-state index contributed by atoms with van der Waals surface area (Å²) in [5.74, 6) is -1.49. The van der Waals surface area contributed by atoms with E-state index in [1.807, 2.05) is 38.1 Å². The minimum absolute atomic E-state index is 0.0263. The van der Waals surface area contributed by atoms with Crippen molar-refractivity contribution in [1.82, 2.24) is 15.5 Å². The van der Waals surface area contributed by atoms with Crippen LogP contribution in [0.15, 0.2) is 48.5 Å². The van der Waals surface area contributed by atoms with E-state index in [1.54, 1.807) is 19.0 Å². The summed E-state index contributed by atoms with van der Waals surface area (Å²) in [6, 6.07) is 15.3. The Morgan fingerprint density at radius 1 is 1.03 bits per heavy atom. The maximum atomic E-state index is 12.4. The van der Waals surface area contributed by atoms with Gasteiger partial charge >= 0.3 is 12.1 Å². The van der Waals surface area contributed by atoms with Crippen molar-refractivity contribution in [3.63, 3.8) is 0 Å². The lowest BCUT2D eigenvalue weighted by Crippen LogP contribution is -2.48. The molecule has 182 valence electrons. The molecule has 2 amide bonds. The van der Waals surface area contributed by atoms with Crippen LogP contribution in [0.3, 0.4) is 0 Å². The lowest BCUT2D eigenvalue weighted by atomic mass is 9.89. The average Bonchev–Trinajstić information content (AvgIpc) is 3.09. The van der Waals surface area contributed by atoms with Crippen molar-refractivity contribution < 1.29 is 24.2 Å². The number of aliphatic carboxylic acids is 1. The molecule has 3 rings (SSSR count). The van der Waals surface area contributed by atoms with Gasteiger partial charge in [-0.25, -0.2) is 9.59 Å². The third kappa shape index (κ3) is 6.35. The Morgan fingerprint density at radius 3 is 2.12 bits per heavy atom. The third-order valence-electron chi connectivity index (χ3n) is 5.88. The number of rotatable bonds is 10. The van der Waals surface area contributed by atoms with E-state index in [9.17, 15) is 19.5 Å². The molecular weight excluding hydrogens is 434 g/mol. The lowest BCUT2D eigenvalue weighted by molar-refractivity contribution is -0.142. The van der Waals surface area contributed by atoms with Crippen molar-refractivity contribution in [3.05, 3.63) is 59.7 Å². The van der Waals surface area contributed by atoms with Gasteiger partial charge in [0.2, 0.25) is 5.91 Å². The molecule has 0 aromatic heterocycles. The SMILES string of the molecule is CN(C)C[C@H](NC(=O)CC(C)(C)CNC(=O)OCC1c2ccccc2-c2ccccc21)C(=O)O. The van der Waals surface area contributed by atoms with Gasteiger partial charge in [-0.05, 0) is 41.8 Å². The molecule has 34 heavy (non-hydrogen) atoms. The number of nitrogens with one attached hydrogen (secondary N) is 2. The number of amides is 2. The first-order valence-electron chi connectivity index (χ1n) is 11.3. The van der Waals surface area contributed by atoms with E-state index >= 15 is 0 Å². The molecule has 0 bridgehead atoms. The molecule has 0 spiro atoms. The van der Waals surface area contributed by atoms with Crippen LogP contribution in [0.4, 0.5) is 4.79 Å². The number of carboxylic acid groups (broad SMARTS) is 1. The van der Waals surface area contributed by atoms with Gasteiger partial charge in [-0.15, -0.1) is 0 Å². The predicted molar refractivity (Wildman–Crippen MR) is 130 cm³/mol. The number of hydrogen-bond donors (Lipinski definition) is 3. The zero-order chi connectivity index (χ0) is 24.9. The van der Waals surface area contributed by atoms with Crippen LogP contribution in [-0.2, 0) is 14.3 Å². The van der Waals surface area contributed by atoms with Gasteiger partial charge in [0, 0.05) is 25.4 Å². The highest BCUT2D eigenvalue weighted by Gasteiger charge is 2.30. The van der Waals surface area contributed by atoms with Crippen molar-refractivity contribution in [3.8, 4) is 11.1 Å². The van der Waals surface area contributed by atoms with E-state index in [2.05, 4.69) is 34.9 Å². The fourth-order valence-corrected chi connectivity index (χ4v) is 4.25. The molecule has 0 fully saturated rings. The van der Waals surface area contributed by atoms with Crippen LogP contribution in [0.1, 0.15) is 37.3 Å². The number of hydrogen-bond acceptors (Lipinski definition) is 5. The third-order valence-corrected chi connectivity index (χ3v) is 5.88. The van der Waals surface area contributed by atoms with Crippen molar-refractivity contribution in [2.24, 2.45) is 5.41 Å². The minimum Gasteiger partial charge on any atom is -0.480 e. The molecule has 3 N–H and O–H groups in total. The number of carboxylic acids is 1. The summed E-state index contributed by atoms with van der Waals surface area (Å²) in [6.07, 6.45) is -0.486. The molecule has 1 atom stereocenters. The first-order chi connectivity index (χ1) is 16.1. The molecule has 8 heteroatoms. The van der Waals surface area contributed by atoms with Gasteiger partial charge in [-0.3, -0.25) is 4.79 Å². The zero-order valence-corrected chi connectivity index (χ0v) is 20.1. The topological polar surface area (TPSA) is 108 Å². The Balaban J connectivity index is 1.51. The highest BCUT2D eigenvalue weighted by molar-refractivity contribution is 5.84. The number of nitrogens with zero attached hydrogens (tertiary/aromatic N) is 1. The normalized spacial score (nSPS) is 13.7. The van der Waals surface area contributed by atoms with Gasteiger partial charge in [0.15, 0.2) is 0 Å². The zero-order valence-electron chi connectivity index (χ0n) is 20.1. The summed E-state index contributed by atoms with van der Waals surface area (Å²) < 4.78 is 5.55. The molecule has 0 unspecified atom stereocenters. The van der Waals surface area contributed by atoms with Gasteiger partial charge in [0.1, 0.15) is 12.6 Å². The summed E-state index contributed by atoms with van der Waals surface area (Å²) in [5, 5.41) is 14.6. The molecule has 2 aromatic rings. The van der Waals surface area contributed by atoms with E-state index in [-0.39, 0.29) is 37.9 Å². The number of carbonyl (C=O) groups is 3. The van der Waals surface area contributed by atoms with Gasteiger partial charge < -0.3 is 25.4 Å². The van der Waals surface area contributed by atoms with Crippen molar-refractivity contribution in [2.45, 2.75) is 32.2 Å². The van der Waals surface area contributed by atoms with Crippen LogP contribution in [0.25, 0.3) is 11.1 Å². The molecule has 8 nitrogen and oxygen atoms in total. The minimum atomic E-state index is -1.09. The maximum Gasteiger partial charge on any atom is 0.407 e. The van der Waals surface area contributed by atoms with Crippen LogP contribution < -0.4 is 10.6 Å². The van der Waals surface area contributed by atoms with Gasteiger partial charge in [0.25, 0.3) is 0 Å². The second-order valence-electron chi connectivity index (χ2n) is 9.74. The fourth-order valence-electron chi connectivity index (χ4n) is 4.25. The van der Waals surface area contributed by atoms with Crippen LogP contribution in [0.2, 0.25) is 0 Å². The first-order valence-corrected chi connectivity index (χ1v) is 11.3. The molecule has 0 saturated heterocycles. The van der Waals surface area contributed by atoms with E-state index in [1.165, 1.54) is 0 Å². The molecule has 1 aliphatic carbocycles.